The monoisotopic (exact) mass is 309 g/mol. The summed E-state index contributed by atoms with van der Waals surface area (Å²) in [6, 6.07) is 3.61. The maximum Gasteiger partial charge on any atom is 0.261 e. The third kappa shape index (κ3) is 4.14. The number of aryl methyl sites for hydroxylation is 1. The molecule has 0 aliphatic heterocycles. The Morgan fingerprint density at radius 2 is 2.20 bits per heavy atom. The molecule has 0 atom stereocenters. The smallest absolute Gasteiger partial charge is 0.261 e. The van der Waals surface area contributed by atoms with Gasteiger partial charge in [-0.15, -0.1) is 22.7 Å². The number of carbonyl (C=O) groups is 2. The number of thiazole rings is 1. The van der Waals surface area contributed by atoms with Crippen molar-refractivity contribution in [1.82, 2.24) is 9.88 Å². The lowest BCUT2D eigenvalue weighted by molar-refractivity contribution is -0.118. The molecule has 0 saturated heterocycles. The first-order chi connectivity index (χ1) is 9.66. The molecule has 0 aliphatic carbocycles. The number of nitrogens with one attached hydrogen (secondary N) is 1. The van der Waals surface area contributed by atoms with E-state index in [9.17, 15) is 9.59 Å². The molecule has 2 aromatic heterocycles. The van der Waals surface area contributed by atoms with Crippen LogP contribution in [0, 0.1) is 0 Å². The van der Waals surface area contributed by atoms with Gasteiger partial charge >= 0.3 is 0 Å². The fourth-order valence-corrected chi connectivity index (χ4v) is 2.92. The molecule has 2 amide bonds. The lowest BCUT2D eigenvalue weighted by atomic mass is 10.3. The fraction of sp³-hybridized carbons (Fsp3) is 0.308. The normalized spacial score (nSPS) is 11.6. The summed E-state index contributed by atoms with van der Waals surface area (Å²) in [6.07, 6.45) is 2.79. The largest absolute Gasteiger partial charge is 0.351 e. The van der Waals surface area contributed by atoms with Crippen LogP contribution < -0.4 is 10.1 Å². The van der Waals surface area contributed by atoms with E-state index >= 15 is 0 Å². The van der Waals surface area contributed by atoms with Crippen LogP contribution in [0.2, 0.25) is 0 Å². The van der Waals surface area contributed by atoms with E-state index in [1.54, 1.807) is 10.6 Å². The van der Waals surface area contributed by atoms with Crippen molar-refractivity contribution in [2.45, 2.75) is 12.8 Å². The molecular formula is C13H15N3O2S2. The molecule has 0 saturated carbocycles. The number of nitrogens with zero attached hydrogens (tertiary/aromatic N) is 2. The van der Waals surface area contributed by atoms with E-state index in [0.29, 0.717) is 29.1 Å². The van der Waals surface area contributed by atoms with E-state index in [1.165, 1.54) is 22.7 Å². The van der Waals surface area contributed by atoms with Crippen molar-refractivity contribution in [3.05, 3.63) is 38.8 Å². The molecule has 0 fully saturated rings. The molecule has 1 N–H and O–H groups in total. The van der Waals surface area contributed by atoms with Crippen molar-refractivity contribution in [1.29, 1.82) is 0 Å². The Balaban J connectivity index is 1.73. The highest BCUT2D eigenvalue weighted by atomic mass is 32.1. The van der Waals surface area contributed by atoms with Gasteiger partial charge in [-0.05, 0) is 17.9 Å². The summed E-state index contributed by atoms with van der Waals surface area (Å²) in [5, 5.41) is 6.53. The Hall–Kier alpha value is -1.73. The molecule has 7 heteroatoms. The average Bonchev–Trinajstić information content (AvgIpc) is 3.07. The predicted molar refractivity (Wildman–Crippen MR) is 79.7 cm³/mol. The van der Waals surface area contributed by atoms with Crippen molar-refractivity contribution in [2.75, 3.05) is 6.54 Å². The lowest BCUT2D eigenvalue weighted by Gasteiger charge is -2.01. The SMILES string of the molecule is Cn1ccsc1=NC(=O)CCCNC(=O)c1cccs1. The summed E-state index contributed by atoms with van der Waals surface area (Å²) in [5.74, 6) is -0.248. The van der Waals surface area contributed by atoms with Gasteiger partial charge in [0.15, 0.2) is 4.80 Å². The number of amides is 2. The Kier molecular flexibility index (Phi) is 5.25. The van der Waals surface area contributed by atoms with Crippen LogP contribution >= 0.6 is 22.7 Å². The van der Waals surface area contributed by atoms with Gasteiger partial charge in [0.25, 0.3) is 5.91 Å². The third-order valence-corrected chi connectivity index (χ3v) is 4.29. The van der Waals surface area contributed by atoms with Crippen molar-refractivity contribution in [3.63, 3.8) is 0 Å². The van der Waals surface area contributed by atoms with E-state index in [2.05, 4.69) is 10.3 Å². The molecule has 106 valence electrons. The van der Waals surface area contributed by atoms with E-state index in [0.717, 1.165) is 0 Å². The van der Waals surface area contributed by atoms with Gasteiger partial charge in [0.2, 0.25) is 5.91 Å². The van der Waals surface area contributed by atoms with Gasteiger partial charge in [-0.2, -0.15) is 4.99 Å². The first kappa shape index (κ1) is 14.7. The predicted octanol–water partition coefficient (Wildman–Crippen LogP) is 1.79. The van der Waals surface area contributed by atoms with Crippen LogP contribution in [0.3, 0.4) is 0 Å². The van der Waals surface area contributed by atoms with Crippen LogP contribution in [0.1, 0.15) is 22.5 Å². The third-order valence-electron chi connectivity index (χ3n) is 2.58. The van der Waals surface area contributed by atoms with Crippen LogP contribution in [0.25, 0.3) is 0 Å². The maximum atomic E-state index is 11.7. The van der Waals surface area contributed by atoms with Crippen LogP contribution in [-0.4, -0.2) is 22.9 Å². The molecule has 0 unspecified atom stereocenters. The Morgan fingerprint density at radius 1 is 1.35 bits per heavy atom. The van der Waals surface area contributed by atoms with E-state index < -0.39 is 0 Å². The molecule has 2 rings (SSSR count). The molecule has 5 nitrogen and oxygen atoms in total. The molecule has 0 spiro atoms. The summed E-state index contributed by atoms with van der Waals surface area (Å²) >= 11 is 2.83. The Bertz CT molecular complexity index is 641. The van der Waals surface area contributed by atoms with Gasteiger partial charge in [0.05, 0.1) is 4.88 Å². The molecule has 0 radical (unpaired) electrons. The minimum absolute atomic E-state index is 0.0888. The van der Waals surface area contributed by atoms with Gasteiger partial charge in [-0.1, -0.05) is 6.07 Å². The second-order valence-electron chi connectivity index (χ2n) is 4.14. The second-order valence-corrected chi connectivity index (χ2v) is 5.96. The first-order valence-corrected chi connectivity index (χ1v) is 7.92. The number of carbonyl (C=O) groups excluding carboxylic acids is 2. The number of thiophene rings is 1. The molecule has 2 aromatic rings. The minimum atomic E-state index is -0.159. The summed E-state index contributed by atoms with van der Waals surface area (Å²) in [4.78, 5) is 28.7. The molecule has 2 heterocycles. The Labute approximate surface area is 124 Å². The van der Waals surface area contributed by atoms with Crippen LogP contribution in [-0.2, 0) is 11.8 Å². The zero-order valence-corrected chi connectivity index (χ0v) is 12.7. The number of hydrogen-bond acceptors (Lipinski definition) is 4. The minimum Gasteiger partial charge on any atom is -0.351 e. The van der Waals surface area contributed by atoms with Gasteiger partial charge in [0, 0.05) is 31.6 Å². The summed E-state index contributed by atoms with van der Waals surface area (Å²) in [7, 11) is 1.85. The summed E-state index contributed by atoms with van der Waals surface area (Å²) in [5.41, 5.74) is 0. The molecular weight excluding hydrogens is 294 g/mol. The first-order valence-electron chi connectivity index (χ1n) is 6.16. The Morgan fingerprint density at radius 3 is 2.85 bits per heavy atom. The van der Waals surface area contributed by atoms with Crippen LogP contribution in [0.4, 0.5) is 0 Å². The van der Waals surface area contributed by atoms with Gasteiger partial charge in [0.1, 0.15) is 0 Å². The quantitative estimate of drug-likeness (QED) is 0.856. The van der Waals surface area contributed by atoms with Crippen molar-refractivity contribution < 1.29 is 9.59 Å². The maximum absolute atomic E-state index is 11.7. The summed E-state index contributed by atoms with van der Waals surface area (Å²) < 4.78 is 1.81. The number of rotatable bonds is 5. The molecule has 0 aromatic carbocycles. The number of aromatic nitrogens is 1. The average molecular weight is 309 g/mol. The van der Waals surface area contributed by atoms with Crippen molar-refractivity contribution in [3.8, 4) is 0 Å². The zero-order valence-electron chi connectivity index (χ0n) is 11.0. The van der Waals surface area contributed by atoms with E-state index in [4.69, 9.17) is 0 Å². The van der Waals surface area contributed by atoms with Crippen molar-refractivity contribution in [2.24, 2.45) is 12.0 Å². The second kappa shape index (κ2) is 7.16. The van der Waals surface area contributed by atoms with Gasteiger partial charge in [-0.3, -0.25) is 9.59 Å². The van der Waals surface area contributed by atoms with Crippen LogP contribution in [0.15, 0.2) is 34.1 Å². The molecule has 20 heavy (non-hydrogen) atoms. The topological polar surface area (TPSA) is 63.5 Å². The van der Waals surface area contributed by atoms with Crippen LogP contribution in [0.5, 0.6) is 0 Å². The molecule has 0 bridgehead atoms. The fourth-order valence-electron chi connectivity index (χ4n) is 1.53. The van der Waals surface area contributed by atoms with Crippen molar-refractivity contribution >= 4 is 34.5 Å². The van der Waals surface area contributed by atoms with E-state index in [1.807, 2.05) is 30.1 Å². The highest BCUT2D eigenvalue weighted by Gasteiger charge is 2.06. The van der Waals surface area contributed by atoms with Gasteiger partial charge < -0.3 is 9.88 Å². The lowest BCUT2D eigenvalue weighted by Crippen LogP contribution is -2.24. The van der Waals surface area contributed by atoms with E-state index in [-0.39, 0.29) is 11.8 Å². The standard InChI is InChI=1S/C13H15N3O2S2/c1-16-7-9-20-13(16)15-11(17)5-2-6-14-12(18)10-4-3-8-19-10/h3-4,7-9H,2,5-6H2,1H3,(H,14,18). The highest BCUT2D eigenvalue weighted by molar-refractivity contribution is 7.12. The highest BCUT2D eigenvalue weighted by Crippen LogP contribution is 2.07. The number of hydrogen-bond donors (Lipinski definition) is 1. The van der Waals surface area contributed by atoms with Gasteiger partial charge in [-0.25, -0.2) is 0 Å². The molecule has 0 aliphatic rings. The zero-order chi connectivity index (χ0) is 14.4. The summed E-state index contributed by atoms with van der Waals surface area (Å²) in [6.45, 7) is 0.481.